The Balaban J connectivity index is 2.30. The van der Waals surface area contributed by atoms with E-state index in [2.05, 4.69) is 41.9 Å². The summed E-state index contributed by atoms with van der Waals surface area (Å²) in [5, 5.41) is -0.00305. The molecule has 0 atom stereocenters. The van der Waals surface area contributed by atoms with Crippen LogP contribution in [-0.2, 0) is 6.61 Å². The second-order valence-corrected chi connectivity index (χ2v) is 7.37. The van der Waals surface area contributed by atoms with Crippen molar-refractivity contribution < 1.29 is 9.53 Å². The van der Waals surface area contributed by atoms with Gasteiger partial charge in [0.25, 0.3) is 5.24 Å². The van der Waals surface area contributed by atoms with Crippen LogP contribution in [0, 0.1) is 20.8 Å². The summed E-state index contributed by atoms with van der Waals surface area (Å²) >= 11 is 4.77. The first-order valence-electron chi connectivity index (χ1n) is 7.64. The number of anilines is 1. The third kappa shape index (κ3) is 4.14. The standard InChI is InChI=1S/C19H22BrNO2S/c1-12-9-14(3)18(10-13(12)2)23-11-15-16(20)7-6-8-17(15)21(4)19(22)24-5/h6-10H,11H2,1-5H3. The number of halogens is 1. The van der Waals surface area contributed by atoms with Crippen molar-refractivity contribution in [1.29, 1.82) is 0 Å². The van der Waals surface area contributed by atoms with E-state index >= 15 is 0 Å². The van der Waals surface area contributed by atoms with Gasteiger partial charge in [0, 0.05) is 17.1 Å². The van der Waals surface area contributed by atoms with Crippen LogP contribution in [0.5, 0.6) is 5.75 Å². The Morgan fingerprint density at radius 3 is 2.50 bits per heavy atom. The molecule has 2 aromatic rings. The van der Waals surface area contributed by atoms with Crippen molar-refractivity contribution in [2.24, 2.45) is 0 Å². The highest BCUT2D eigenvalue weighted by molar-refractivity contribution is 9.10. The van der Waals surface area contributed by atoms with E-state index in [-0.39, 0.29) is 5.24 Å². The van der Waals surface area contributed by atoms with E-state index in [0.29, 0.717) is 6.61 Å². The number of ether oxygens (including phenoxy) is 1. The first-order chi connectivity index (χ1) is 11.3. The Morgan fingerprint density at radius 1 is 1.17 bits per heavy atom. The van der Waals surface area contributed by atoms with Crippen molar-refractivity contribution in [2.45, 2.75) is 27.4 Å². The fourth-order valence-corrected chi connectivity index (χ4v) is 3.32. The normalized spacial score (nSPS) is 10.6. The zero-order valence-electron chi connectivity index (χ0n) is 14.6. The van der Waals surface area contributed by atoms with Gasteiger partial charge in [-0.2, -0.15) is 0 Å². The fraction of sp³-hybridized carbons (Fsp3) is 0.316. The van der Waals surface area contributed by atoms with Gasteiger partial charge in [0.05, 0.1) is 5.69 Å². The van der Waals surface area contributed by atoms with Crippen LogP contribution in [-0.4, -0.2) is 18.5 Å². The van der Waals surface area contributed by atoms with Crippen LogP contribution in [0.2, 0.25) is 0 Å². The minimum atomic E-state index is -0.00305. The van der Waals surface area contributed by atoms with Crippen molar-refractivity contribution in [1.82, 2.24) is 0 Å². The van der Waals surface area contributed by atoms with Gasteiger partial charge in [-0.05, 0) is 61.9 Å². The van der Waals surface area contributed by atoms with Gasteiger partial charge in [-0.3, -0.25) is 4.79 Å². The van der Waals surface area contributed by atoms with Crippen LogP contribution in [0.1, 0.15) is 22.3 Å². The molecule has 24 heavy (non-hydrogen) atoms. The van der Waals surface area contributed by atoms with Crippen molar-refractivity contribution in [3.05, 3.63) is 57.1 Å². The maximum absolute atomic E-state index is 12.0. The van der Waals surface area contributed by atoms with Gasteiger partial charge >= 0.3 is 0 Å². The Morgan fingerprint density at radius 2 is 1.83 bits per heavy atom. The molecule has 2 rings (SSSR count). The quantitative estimate of drug-likeness (QED) is 0.634. The van der Waals surface area contributed by atoms with E-state index in [0.717, 1.165) is 27.0 Å². The Hall–Kier alpha value is -1.46. The van der Waals surface area contributed by atoms with Crippen LogP contribution in [0.4, 0.5) is 10.5 Å². The molecule has 0 spiro atoms. The fourth-order valence-electron chi connectivity index (χ4n) is 2.48. The van der Waals surface area contributed by atoms with E-state index in [4.69, 9.17) is 4.74 Å². The van der Waals surface area contributed by atoms with Crippen LogP contribution in [0.25, 0.3) is 0 Å². The highest BCUT2D eigenvalue weighted by Gasteiger charge is 2.16. The molecule has 0 saturated carbocycles. The molecule has 0 N–H and O–H groups in total. The molecule has 0 fully saturated rings. The molecule has 0 radical (unpaired) electrons. The number of hydrogen-bond acceptors (Lipinski definition) is 3. The minimum Gasteiger partial charge on any atom is -0.489 e. The minimum absolute atomic E-state index is 0.00305. The summed E-state index contributed by atoms with van der Waals surface area (Å²) in [7, 11) is 1.78. The highest BCUT2D eigenvalue weighted by atomic mass is 79.9. The average Bonchev–Trinajstić information content (AvgIpc) is 2.56. The number of thioether (sulfide) groups is 1. The largest absolute Gasteiger partial charge is 0.489 e. The smallest absolute Gasteiger partial charge is 0.285 e. The van der Waals surface area contributed by atoms with Crippen molar-refractivity contribution in [3.8, 4) is 5.75 Å². The summed E-state index contributed by atoms with van der Waals surface area (Å²) in [6, 6.07) is 10.0. The van der Waals surface area contributed by atoms with E-state index in [9.17, 15) is 4.79 Å². The Kier molecular flexibility index (Phi) is 6.35. The van der Waals surface area contributed by atoms with Crippen molar-refractivity contribution in [2.75, 3.05) is 18.2 Å². The monoisotopic (exact) mass is 407 g/mol. The van der Waals surface area contributed by atoms with E-state index in [1.807, 2.05) is 25.1 Å². The van der Waals surface area contributed by atoms with Crippen LogP contribution < -0.4 is 9.64 Å². The molecule has 0 aliphatic heterocycles. The van der Waals surface area contributed by atoms with Gasteiger partial charge in [0.1, 0.15) is 12.4 Å². The molecule has 1 amide bonds. The maximum Gasteiger partial charge on any atom is 0.285 e. The van der Waals surface area contributed by atoms with E-state index < -0.39 is 0 Å². The summed E-state index contributed by atoms with van der Waals surface area (Å²) in [4.78, 5) is 13.7. The lowest BCUT2D eigenvalue weighted by atomic mass is 10.1. The molecule has 0 aliphatic rings. The van der Waals surface area contributed by atoms with Gasteiger partial charge in [-0.25, -0.2) is 0 Å². The van der Waals surface area contributed by atoms with Crippen molar-refractivity contribution >= 4 is 38.6 Å². The third-order valence-electron chi connectivity index (χ3n) is 4.07. The van der Waals surface area contributed by atoms with Crippen LogP contribution in [0.15, 0.2) is 34.8 Å². The molecule has 0 aromatic heterocycles. The van der Waals surface area contributed by atoms with E-state index in [1.165, 1.54) is 22.9 Å². The predicted octanol–water partition coefficient (Wildman–Crippen LogP) is 5.87. The summed E-state index contributed by atoms with van der Waals surface area (Å²) in [5.41, 5.74) is 5.38. The first-order valence-corrected chi connectivity index (χ1v) is 9.66. The molecule has 2 aromatic carbocycles. The molecular weight excluding hydrogens is 386 g/mol. The predicted molar refractivity (Wildman–Crippen MR) is 106 cm³/mol. The second-order valence-electron chi connectivity index (χ2n) is 5.76. The van der Waals surface area contributed by atoms with Gasteiger partial charge in [0.15, 0.2) is 0 Å². The summed E-state index contributed by atoms with van der Waals surface area (Å²) in [6.45, 7) is 6.62. The second kappa shape index (κ2) is 8.08. The molecule has 0 heterocycles. The number of amides is 1. The molecule has 0 aliphatic carbocycles. The molecule has 0 unspecified atom stereocenters. The third-order valence-corrected chi connectivity index (χ3v) is 5.43. The van der Waals surface area contributed by atoms with Gasteiger partial charge in [-0.15, -0.1) is 0 Å². The molecular formula is C19H22BrNO2S. The van der Waals surface area contributed by atoms with Gasteiger partial charge in [0.2, 0.25) is 0 Å². The van der Waals surface area contributed by atoms with Crippen molar-refractivity contribution in [3.63, 3.8) is 0 Å². The highest BCUT2D eigenvalue weighted by Crippen LogP contribution is 2.31. The Bertz CT molecular complexity index is 761. The molecule has 5 heteroatoms. The van der Waals surface area contributed by atoms with E-state index in [1.54, 1.807) is 18.2 Å². The maximum atomic E-state index is 12.0. The number of carbonyl (C=O) groups excluding carboxylic acids is 1. The number of aryl methyl sites for hydroxylation is 3. The number of carbonyl (C=O) groups is 1. The molecule has 0 bridgehead atoms. The SMILES string of the molecule is CSC(=O)N(C)c1cccc(Br)c1COc1cc(C)c(C)cc1C. The lowest BCUT2D eigenvalue weighted by molar-refractivity contribution is 0.266. The zero-order chi connectivity index (χ0) is 17.9. The zero-order valence-corrected chi connectivity index (χ0v) is 17.0. The first kappa shape index (κ1) is 18.9. The molecule has 0 saturated heterocycles. The lowest BCUT2D eigenvalue weighted by Crippen LogP contribution is -2.23. The van der Waals surface area contributed by atoms with Crippen LogP contribution in [0.3, 0.4) is 0 Å². The van der Waals surface area contributed by atoms with Gasteiger partial charge < -0.3 is 9.64 Å². The lowest BCUT2D eigenvalue weighted by Gasteiger charge is -2.21. The number of hydrogen-bond donors (Lipinski definition) is 0. The Labute approximate surface area is 156 Å². The number of benzene rings is 2. The molecule has 128 valence electrons. The summed E-state index contributed by atoms with van der Waals surface area (Å²) in [6.07, 6.45) is 1.78. The number of rotatable bonds is 4. The molecule has 3 nitrogen and oxygen atoms in total. The van der Waals surface area contributed by atoms with Crippen LogP contribution >= 0.6 is 27.7 Å². The average molecular weight is 408 g/mol. The van der Waals surface area contributed by atoms with Gasteiger partial charge in [-0.1, -0.05) is 39.8 Å². The summed E-state index contributed by atoms with van der Waals surface area (Å²) in [5.74, 6) is 0.874. The topological polar surface area (TPSA) is 29.5 Å². The summed E-state index contributed by atoms with van der Waals surface area (Å²) < 4.78 is 7.00. The number of nitrogens with zero attached hydrogens (tertiary/aromatic N) is 1.